The fraction of sp³-hybridized carbons (Fsp3) is 0.500. The molecule has 0 bridgehead atoms. The van der Waals surface area contributed by atoms with E-state index in [1.54, 1.807) is 0 Å². The third-order valence-corrected chi connectivity index (χ3v) is 2.63. The highest BCUT2D eigenvalue weighted by Gasteiger charge is 2.20. The molecule has 2 rings (SSSR count). The van der Waals surface area contributed by atoms with Crippen molar-refractivity contribution in [2.24, 2.45) is 5.73 Å². The zero-order valence-electron chi connectivity index (χ0n) is 9.13. The molecule has 1 aliphatic heterocycles. The molecule has 0 fully saturated rings. The first-order valence-corrected chi connectivity index (χ1v) is 5.54. The zero-order valence-corrected chi connectivity index (χ0v) is 9.13. The second-order valence-electron chi connectivity index (χ2n) is 3.92. The minimum absolute atomic E-state index is 0.212. The maximum atomic E-state index is 9.28. The van der Waals surface area contributed by atoms with E-state index in [0.29, 0.717) is 0 Å². The van der Waals surface area contributed by atoms with Crippen LogP contribution < -0.4 is 10.5 Å². The molecule has 88 valence electrons. The lowest BCUT2D eigenvalue weighted by Gasteiger charge is -2.26. The normalized spacial score (nSPS) is 21.0. The molecule has 0 saturated carbocycles. The summed E-state index contributed by atoms with van der Waals surface area (Å²) >= 11 is 0. The summed E-state index contributed by atoms with van der Waals surface area (Å²) < 4.78 is 11.1. The van der Waals surface area contributed by atoms with Crippen molar-refractivity contribution in [2.75, 3.05) is 13.2 Å². The van der Waals surface area contributed by atoms with Gasteiger partial charge in [0.2, 0.25) is 0 Å². The van der Waals surface area contributed by atoms with E-state index in [-0.39, 0.29) is 19.4 Å². The van der Waals surface area contributed by atoms with E-state index in [9.17, 15) is 5.11 Å². The van der Waals surface area contributed by atoms with Crippen LogP contribution in [-0.4, -0.2) is 30.7 Å². The van der Waals surface area contributed by atoms with Crippen molar-refractivity contribution in [3.63, 3.8) is 0 Å². The lowest BCUT2D eigenvalue weighted by atomic mass is 10.1. The number of nitrogens with two attached hydrogens (primary N) is 1. The van der Waals surface area contributed by atoms with Gasteiger partial charge in [0.1, 0.15) is 5.75 Å². The molecule has 0 spiro atoms. The summed E-state index contributed by atoms with van der Waals surface area (Å²) in [5.41, 5.74) is 6.50. The lowest BCUT2D eigenvalue weighted by Crippen LogP contribution is -2.32. The first-order valence-electron chi connectivity index (χ1n) is 5.54. The number of aliphatic hydroxyl groups excluding tert-OH is 1. The summed E-state index contributed by atoms with van der Waals surface area (Å²) in [5.74, 6) is 0.876. The smallest absolute Gasteiger partial charge is 0.200 e. The monoisotopic (exact) mass is 223 g/mol. The van der Waals surface area contributed by atoms with Gasteiger partial charge in [-0.25, -0.2) is 0 Å². The first-order chi connectivity index (χ1) is 7.79. The topological polar surface area (TPSA) is 64.7 Å². The molecule has 3 N–H and O–H groups in total. The summed E-state index contributed by atoms with van der Waals surface area (Å²) in [6.07, 6.45) is 0.880. The van der Waals surface area contributed by atoms with E-state index >= 15 is 0 Å². The Morgan fingerprint density at radius 1 is 1.50 bits per heavy atom. The highest BCUT2D eigenvalue weighted by atomic mass is 16.7. The Kier molecular flexibility index (Phi) is 3.77. The molecular weight excluding hydrogens is 206 g/mol. The Hall–Kier alpha value is -1.10. The van der Waals surface area contributed by atoms with Crippen molar-refractivity contribution in [1.29, 1.82) is 0 Å². The quantitative estimate of drug-likeness (QED) is 0.787. The van der Waals surface area contributed by atoms with Crippen LogP contribution in [0.25, 0.3) is 0 Å². The molecule has 0 aliphatic carbocycles. The predicted octanol–water partition coefficient (Wildman–Crippen LogP) is 0.674. The van der Waals surface area contributed by atoms with Crippen LogP contribution in [0.4, 0.5) is 0 Å². The number of fused-ring (bicyclic) bond motifs is 1. The van der Waals surface area contributed by atoms with E-state index in [1.165, 1.54) is 5.56 Å². The van der Waals surface area contributed by atoms with Crippen LogP contribution >= 0.6 is 0 Å². The van der Waals surface area contributed by atoms with Gasteiger partial charge in [0.15, 0.2) is 6.29 Å². The Labute approximate surface area is 95.0 Å². The van der Waals surface area contributed by atoms with Crippen molar-refractivity contribution in [3.8, 4) is 5.75 Å². The highest BCUT2D eigenvalue weighted by Crippen LogP contribution is 2.27. The van der Waals surface area contributed by atoms with Crippen molar-refractivity contribution in [3.05, 3.63) is 29.8 Å². The number of hydrogen-bond donors (Lipinski definition) is 2. The molecule has 0 aromatic heterocycles. The average Bonchev–Trinajstić information content (AvgIpc) is 2.35. The van der Waals surface area contributed by atoms with Gasteiger partial charge in [0.25, 0.3) is 0 Å². The summed E-state index contributed by atoms with van der Waals surface area (Å²) in [5, 5.41) is 9.28. The molecule has 1 aliphatic rings. The third kappa shape index (κ3) is 2.72. The number of ether oxygens (including phenoxy) is 2. The molecule has 2 unspecified atom stereocenters. The van der Waals surface area contributed by atoms with Gasteiger partial charge in [0.05, 0.1) is 12.7 Å². The standard InChI is InChI=1S/C12H17NO3/c13-7-10(14)8-15-12-6-5-9-3-1-2-4-11(9)16-12/h1-4,10,12,14H,5-8,13H2. The minimum Gasteiger partial charge on any atom is -0.465 e. The van der Waals surface area contributed by atoms with E-state index < -0.39 is 6.10 Å². The second-order valence-corrected chi connectivity index (χ2v) is 3.92. The SMILES string of the molecule is NCC(O)COC1CCc2ccccc2O1. The van der Waals surface area contributed by atoms with Gasteiger partial charge >= 0.3 is 0 Å². The molecule has 1 aromatic carbocycles. The molecule has 4 nitrogen and oxygen atoms in total. The average molecular weight is 223 g/mol. The van der Waals surface area contributed by atoms with E-state index in [4.69, 9.17) is 15.2 Å². The summed E-state index contributed by atoms with van der Waals surface area (Å²) in [6, 6.07) is 7.93. The number of aryl methyl sites for hydroxylation is 1. The number of hydrogen-bond acceptors (Lipinski definition) is 4. The van der Waals surface area contributed by atoms with Crippen LogP contribution in [0.3, 0.4) is 0 Å². The Morgan fingerprint density at radius 2 is 2.31 bits per heavy atom. The largest absolute Gasteiger partial charge is 0.465 e. The van der Waals surface area contributed by atoms with E-state index in [2.05, 4.69) is 6.07 Å². The number of benzene rings is 1. The van der Waals surface area contributed by atoms with Gasteiger partial charge < -0.3 is 20.3 Å². The molecule has 4 heteroatoms. The van der Waals surface area contributed by atoms with Gasteiger partial charge in [-0.1, -0.05) is 18.2 Å². The maximum Gasteiger partial charge on any atom is 0.200 e. The van der Waals surface area contributed by atoms with Crippen LogP contribution in [0.2, 0.25) is 0 Å². The molecule has 2 atom stereocenters. The van der Waals surface area contributed by atoms with Gasteiger partial charge in [-0.3, -0.25) is 0 Å². The Balaban J connectivity index is 1.88. The van der Waals surface area contributed by atoms with Crippen LogP contribution in [0.15, 0.2) is 24.3 Å². The van der Waals surface area contributed by atoms with Crippen LogP contribution in [0.1, 0.15) is 12.0 Å². The molecule has 0 amide bonds. The van der Waals surface area contributed by atoms with Crippen LogP contribution in [-0.2, 0) is 11.2 Å². The molecule has 0 radical (unpaired) electrons. The fourth-order valence-corrected chi connectivity index (χ4v) is 1.70. The van der Waals surface area contributed by atoms with Crippen LogP contribution in [0, 0.1) is 0 Å². The number of para-hydroxylation sites is 1. The minimum atomic E-state index is -0.610. The second kappa shape index (κ2) is 5.30. The predicted molar refractivity (Wildman–Crippen MR) is 60.2 cm³/mol. The fourth-order valence-electron chi connectivity index (χ4n) is 1.70. The number of rotatable bonds is 4. The molecular formula is C12H17NO3. The molecule has 1 aromatic rings. The lowest BCUT2D eigenvalue weighted by molar-refractivity contribution is -0.112. The van der Waals surface area contributed by atoms with Crippen molar-refractivity contribution in [2.45, 2.75) is 25.2 Å². The third-order valence-electron chi connectivity index (χ3n) is 2.63. The maximum absolute atomic E-state index is 9.28. The number of aliphatic hydroxyl groups is 1. The van der Waals surface area contributed by atoms with E-state index in [1.807, 2.05) is 18.2 Å². The van der Waals surface area contributed by atoms with Crippen molar-refractivity contribution < 1.29 is 14.6 Å². The Morgan fingerprint density at radius 3 is 3.12 bits per heavy atom. The molecule has 16 heavy (non-hydrogen) atoms. The van der Waals surface area contributed by atoms with Crippen molar-refractivity contribution >= 4 is 0 Å². The van der Waals surface area contributed by atoms with Crippen molar-refractivity contribution in [1.82, 2.24) is 0 Å². The first kappa shape index (κ1) is 11.4. The Bertz CT molecular complexity index is 343. The molecule has 0 saturated heterocycles. The summed E-state index contributed by atoms with van der Waals surface area (Å²) in [7, 11) is 0. The van der Waals surface area contributed by atoms with Gasteiger partial charge in [0, 0.05) is 13.0 Å². The zero-order chi connectivity index (χ0) is 11.4. The van der Waals surface area contributed by atoms with Gasteiger partial charge in [-0.05, 0) is 18.1 Å². The summed E-state index contributed by atoms with van der Waals surface area (Å²) in [4.78, 5) is 0. The highest BCUT2D eigenvalue weighted by molar-refractivity contribution is 5.34. The van der Waals surface area contributed by atoms with Gasteiger partial charge in [-0.15, -0.1) is 0 Å². The van der Waals surface area contributed by atoms with Gasteiger partial charge in [-0.2, -0.15) is 0 Å². The van der Waals surface area contributed by atoms with E-state index in [0.717, 1.165) is 18.6 Å². The molecule has 1 heterocycles. The van der Waals surface area contributed by atoms with Crippen LogP contribution in [0.5, 0.6) is 5.75 Å². The summed E-state index contributed by atoms with van der Waals surface area (Å²) in [6.45, 7) is 0.437.